The number of carbonyl (C=O) groups excluding carboxylic acids is 1. The van der Waals surface area contributed by atoms with Gasteiger partial charge in [-0.1, -0.05) is 24.2 Å². The summed E-state index contributed by atoms with van der Waals surface area (Å²) in [6.45, 7) is 6.59. The van der Waals surface area contributed by atoms with Gasteiger partial charge >= 0.3 is 0 Å². The molecule has 2 aromatic carbocycles. The Kier molecular flexibility index (Phi) is 5.51. The molecular formula is C24H21ClF2N4O3. The van der Waals surface area contributed by atoms with Crippen LogP contribution in [-0.4, -0.2) is 57.7 Å². The molecule has 7 nitrogen and oxygen atoms in total. The van der Waals surface area contributed by atoms with E-state index in [9.17, 15) is 14.3 Å². The number of ether oxygens (including phenoxy) is 1. The Hall–Kier alpha value is -3.46. The third-order valence-corrected chi connectivity index (χ3v) is 6.77. The standard InChI is InChI=1S/C24H21ClF2N4O3/c1-3-16(33)30-10-13-7-8-34-23-19-22(28-11-29-24(19)31(13)9-12(30)2)21(27)18(20(23)25)17-14(26)5-4-6-15(17)32/h3-6,11-13,32H,1,7-10H2,2H3/t12-,13+/m1/s1. The van der Waals surface area contributed by atoms with Crippen LogP contribution in [0.1, 0.15) is 13.3 Å². The fourth-order valence-electron chi connectivity index (χ4n) is 4.79. The predicted octanol–water partition coefficient (Wildman–Crippen LogP) is 4.31. The molecule has 2 atom stereocenters. The van der Waals surface area contributed by atoms with Crippen LogP contribution in [0.15, 0.2) is 37.2 Å². The largest absolute Gasteiger partial charge is 0.507 e. The normalized spacial score (nSPS) is 19.8. The van der Waals surface area contributed by atoms with Gasteiger partial charge in [-0.15, -0.1) is 0 Å². The van der Waals surface area contributed by atoms with E-state index in [0.717, 1.165) is 6.07 Å². The number of rotatable bonds is 2. The van der Waals surface area contributed by atoms with E-state index in [1.807, 2.05) is 11.8 Å². The van der Waals surface area contributed by atoms with Crippen molar-refractivity contribution < 1.29 is 23.4 Å². The number of piperazine rings is 1. The average Bonchev–Trinajstić information content (AvgIpc) is 2.81. The minimum Gasteiger partial charge on any atom is -0.507 e. The summed E-state index contributed by atoms with van der Waals surface area (Å²) in [4.78, 5) is 24.6. The number of aromatic hydroxyl groups is 1. The fourth-order valence-corrected chi connectivity index (χ4v) is 5.12. The van der Waals surface area contributed by atoms with Crippen LogP contribution in [0, 0.1) is 11.6 Å². The molecule has 0 saturated carbocycles. The number of carbonyl (C=O) groups is 1. The zero-order valence-electron chi connectivity index (χ0n) is 18.3. The van der Waals surface area contributed by atoms with Gasteiger partial charge in [-0.05, 0) is 25.1 Å². The van der Waals surface area contributed by atoms with E-state index in [1.165, 1.54) is 24.5 Å². The summed E-state index contributed by atoms with van der Waals surface area (Å²) in [5.74, 6) is -1.78. The first-order valence-corrected chi connectivity index (χ1v) is 11.2. The maximum atomic E-state index is 15.9. The Labute approximate surface area is 199 Å². The molecule has 0 aliphatic carbocycles. The first-order valence-electron chi connectivity index (χ1n) is 10.8. The van der Waals surface area contributed by atoms with Gasteiger partial charge in [0, 0.05) is 31.1 Å². The Morgan fingerprint density at radius 2 is 2.09 bits per heavy atom. The van der Waals surface area contributed by atoms with Crippen LogP contribution in [0.2, 0.25) is 5.02 Å². The number of hydrogen-bond donors (Lipinski definition) is 1. The van der Waals surface area contributed by atoms with Gasteiger partial charge in [0.25, 0.3) is 0 Å². The number of amides is 1. The van der Waals surface area contributed by atoms with Crippen molar-refractivity contribution in [1.29, 1.82) is 0 Å². The predicted molar refractivity (Wildman–Crippen MR) is 124 cm³/mol. The second-order valence-corrected chi connectivity index (χ2v) is 8.75. The monoisotopic (exact) mass is 486 g/mol. The average molecular weight is 487 g/mol. The molecule has 0 radical (unpaired) electrons. The number of phenols is 1. The minimum atomic E-state index is -0.887. The highest BCUT2D eigenvalue weighted by Gasteiger charge is 2.38. The van der Waals surface area contributed by atoms with Crippen molar-refractivity contribution in [3.8, 4) is 22.6 Å². The van der Waals surface area contributed by atoms with E-state index in [0.29, 0.717) is 25.3 Å². The third-order valence-electron chi connectivity index (χ3n) is 6.41. The fraction of sp³-hybridized carbons (Fsp3) is 0.292. The van der Waals surface area contributed by atoms with E-state index < -0.39 is 17.4 Å². The summed E-state index contributed by atoms with van der Waals surface area (Å²) in [6.07, 6.45) is 3.05. The van der Waals surface area contributed by atoms with Crippen LogP contribution < -0.4 is 9.64 Å². The van der Waals surface area contributed by atoms with Crippen molar-refractivity contribution in [2.45, 2.75) is 25.4 Å². The number of halogens is 3. The number of phenolic OH excluding ortho intramolecular Hbond substituents is 1. The van der Waals surface area contributed by atoms with Gasteiger partial charge in [0.1, 0.15) is 29.2 Å². The summed E-state index contributed by atoms with van der Waals surface area (Å²) in [7, 11) is 0. The van der Waals surface area contributed by atoms with Crippen molar-refractivity contribution >= 4 is 34.2 Å². The lowest BCUT2D eigenvalue weighted by Crippen LogP contribution is -2.59. The molecule has 2 aliphatic rings. The molecule has 1 aromatic heterocycles. The highest BCUT2D eigenvalue weighted by Crippen LogP contribution is 2.49. The molecule has 10 heteroatoms. The van der Waals surface area contributed by atoms with Crippen LogP contribution in [0.4, 0.5) is 14.6 Å². The molecule has 1 fully saturated rings. The maximum absolute atomic E-state index is 15.9. The smallest absolute Gasteiger partial charge is 0.246 e. The van der Waals surface area contributed by atoms with Crippen LogP contribution in [-0.2, 0) is 4.79 Å². The Morgan fingerprint density at radius 1 is 1.29 bits per heavy atom. The number of aromatic nitrogens is 2. The van der Waals surface area contributed by atoms with Crippen LogP contribution in [0.25, 0.3) is 22.0 Å². The van der Waals surface area contributed by atoms with Crippen molar-refractivity contribution in [2.75, 3.05) is 24.6 Å². The zero-order valence-corrected chi connectivity index (χ0v) is 19.0. The Morgan fingerprint density at radius 3 is 2.82 bits per heavy atom. The van der Waals surface area contributed by atoms with E-state index >= 15 is 4.39 Å². The van der Waals surface area contributed by atoms with Gasteiger partial charge in [-0.2, -0.15) is 0 Å². The molecule has 0 spiro atoms. The summed E-state index contributed by atoms with van der Waals surface area (Å²) >= 11 is 6.61. The molecular weight excluding hydrogens is 466 g/mol. The van der Waals surface area contributed by atoms with Crippen molar-refractivity contribution in [3.63, 3.8) is 0 Å². The number of benzene rings is 2. The molecule has 3 heterocycles. The lowest BCUT2D eigenvalue weighted by atomic mass is 9.98. The van der Waals surface area contributed by atoms with Crippen LogP contribution in [0.3, 0.4) is 0 Å². The SMILES string of the molecule is C=CC(=O)N1C[C@@H]2CCOc3c(Cl)c(-c4c(O)cccc4F)c(F)c4ncnc(c34)N2C[C@H]1C. The maximum Gasteiger partial charge on any atom is 0.246 e. The third kappa shape index (κ3) is 3.34. The molecule has 176 valence electrons. The van der Waals surface area contributed by atoms with Gasteiger partial charge in [0.05, 0.1) is 28.6 Å². The van der Waals surface area contributed by atoms with E-state index in [-0.39, 0.29) is 57.4 Å². The lowest BCUT2D eigenvalue weighted by molar-refractivity contribution is -0.129. The van der Waals surface area contributed by atoms with Gasteiger partial charge in [-0.3, -0.25) is 4.79 Å². The van der Waals surface area contributed by atoms with Crippen molar-refractivity contribution in [2.24, 2.45) is 0 Å². The molecule has 34 heavy (non-hydrogen) atoms. The number of fused-ring (bicyclic) bond motifs is 2. The van der Waals surface area contributed by atoms with E-state index in [1.54, 1.807) is 4.90 Å². The first kappa shape index (κ1) is 22.3. The molecule has 3 aromatic rings. The van der Waals surface area contributed by atoms with Crippen LogP contribution >= 0.6 is 11.6 Å². The minimum absolute atomic E-state index is 0.0973. The van der Waals surface area contributed by atoms with E-state index in [2.05, 4.69) is 16.5 Å². The van der Waals surface area contributed by atoms with Crippen LogP contribution in [0.5, 0.6) is 11.5 Å². The van der Waals surface area contributed by atoms with Crippen molar-refractivity contribution in [3.05, 3.63) is 53.8 Å². The number of nitrogens with zero attached hydrogens (tertiary/aromatic N) is 4. The molecule has 5 rings (SSSR count). The van der Waals surface area contributed by atoms with Gasteiger partial charge < -0.3 is 19.6 Å². The number of anilines is 1. The van der Waals surface area contributed by atoms with Gasteiger partial charge in [-0.25, -0.2) is 18.7 Å². The molecule has 0 bridgehead atoms. The summed E-state index contributed by atoms with van der Waals surface area (Å²) in [5.41, 5.74) is -0.784. The Balaban J connectivity index is 1.73. The molecule has 2 aliphatic heterocycles. The first-order chi connectivity index (χ1) is 16.3. The number of hydrogen-bond acceptors (Lipinski definition) is 6. The highest BCUT2D eigenvalue weighted by molar-refractivity contribution is 6.36. The molecule has 1 amide bonds. The molecule has 1 saturated heterocycles. The van der Waals surface area contributed by atoms with Gasteiger partial charge in [0.15, 0.2) is 11.6 Å². The molecule has 1 N–H and O–H groups in total. The quantitative estimate of drug-likeness (QED) is 0.544. The topological polar surface area (TPSA) is 78.8 Å². The summed E-state index contributed by atoms with van der Waals surface area (Å²) in [6, 6.07) is 3.40. The second-order valence-electron chi connectivity index (χ2n) is 8.37. The van der Waals surface area contributed by atoms with E-state index in [4.69, 9.17) is 16.3 Å². The Bertz CT molecular complexity index is 1320. The van der Waals surface area contributed by atoms with Gasteiger partial charge in [0.2, 0.25) is 5.91 Å². The highest BCUT2D eigenvalue weighted by atomic mass is 35.5. The summed E-state index contributed by atoms with van der Waals surface area (Å²) in [5, 5.41) is 10.4. The second kappa shape index (κ2) is 8.39. The lowest BCUT2D eigenvalue weighted by Gasteiger charge is -2.46. The molecule has 0 unspecified atom stereocenters. The summed E-state index contributed by atoms with van der Waals surface area (Å²) < 4.78 is 36.5. The zero-order chi connectivity index (χ0) is 24.1. The van der Waals surface area contributed by atoms with Crippen molar-refractivity contribution in [1.82, 2.24) is 14.9 Å².